The minimum absolute atomic E-state index is 0.0668. The normalized spacial score (nSPS) is 26.0. The van der Waals surface area contributed by atoms with Gasteiger partial charge in [-0.1, -0.05) is 6.92 Å². The van der Waals surface area contributed by atoms with Crippen molar-refractivity contribution in [2.75, 3.05) is 19.8 Å². The van der Waals surface area contributed by atoms with Crippen molar-refractivity contribution >= 4 is 40.6 Å². The van der Waals surface area contributed by atoms with E-state index < -0.39 is 10.2 Å². The lowest BCUT2D eigenvalue weighted by atomic mass is 10.1. The summed E-state index contributed by atoms with van der Waals surface area (Å²) < 4.78 is 38.5. The van der Waals surface area contributed by atoms with Crippen molar-refractivity contribution in [3.63, 3.8) is 0 Å². The molecule has 0 aromatic heterocycles. The molecule has 0 amide bonds. The van der Waals surface area contributed by atoms with Crippen LogP contribution in [0.2, 0.25) is 0 Å². The molecule has 17 heavy (non-hydrogen) atoms. The number of hydrogen-bond acceptors (Lipinski definition) is 5. The van der Waals surface area contributed by atoms with Gasteiger partial charge in [-0.15, -0.1) is 0 Å². The zero-order valence-electron chi connectivity index (χ0n) is 9.52. The number of ether oxygens (including phenoxy) is 1. The van der Waals surface area contributed by atoms with E-state index in [-0.39, 0.29) is 12.1 Å². The van der Waals surface area contributed by atoms with Gasteiger partial charge in [0.05, 0.1) is 28.5 Å². The van der Waals surface area contributed by atoms with E-state index in [1.807, 2.05) is 0 Å². The van der Waals surface area contributed by atoms with Crippen molar-refractivity contribution in [3.8, 4) is 0 Å². The topological polar surface area (TPSA) is 76.7 Å². The van der Waals surface area contributed by atoms with Crippen molar-refractivity contribution in [3.05, 3.63) is 0 Å². The van der Waals surface area contributed by atoms with Crippen LogP contribution < -0.4 is 9.44 Å². The van der Waals surface area contributed by atoms with Gasteiger partial charge >= 0.3 is 0 Å². The van der Waals surface area contributed by atoms with Crippen molar-refractivity contribution in [2.24, 2.45) is 0 Å². The molecule has 2 N–H and O–H groups in total. The molecule has 1 aliphatic heterocycles. The molecule has 1 saturated heterocycles. The molecule has 0 aromatic rings. The molecule has 1 aliphatic rings. The van der Waals surface area contributed by atoms with Gasteiger partial charge in [0.2, 0.25) is 0 Å². The molecular formula is C8H17IN2O4S2. The first-order chi connectivity index (χ1) is 8.07. The lowest BCUT2D eigenvalue weighted by molar-refractivity contribution is -0.0184. The van der Waals surface area contributed by atoms with Crippen LogP contribution >= 0.6 is 30.4 Å². The summed E-state index contributed by atoms with van der Waals surface area (Å²) in [5.41, 5.74) is 0. The van der Waals surface area contributed by atoms with E-state index in [0.717, 1.165) is 12.8 Å². The van der Waals surface area contributed by atoms with E-state index >= 15 is 0 Å². The third-order valence-electron chi connectivity index (χ3n) is 2.32. The van der Waals surface area contributed by atoms with E-state index in [0.29, 0.717) is 19.8 Å². The minimum atomic E-state index is -3.38. The predicted octanol–water partition coefficient (Wildman–Crippen LogP) is 0.993. The average Bonchev–Trinajstić information content (AvgIpc) is 2.27. The standard InChI is InChI=1S/C8H17IN2O4S2/c1-2-10-17(12,13)11-7-3-4-8(14-5-7)6-15-16-9/h7-8,10-11H,2-6H2,1H3/t7-,8+/m1/s1. The molecule has 102 valence electrons. The van der Waals surface area contributed by atoms with Crippen LogP contribution in [0, 0.1) is 0 Å². The SMILES string of the molecule is CCNS(=O)(=O)N[C@@H]1CC[C@@H](COSI)OC1. The summed E-state index contributed by atoms with van der Waals surface area (Å²) in [6, 6.07) is -0.150. The van der Waals surface area contributed by atoms with Gasteiger partial charge in [0.25, 0.3) is 10.2 Å². The number of hydrogen-bond donors (Lipinski definition) is 2. The van der Waals surface area contributed by atoms with Gasteiger partial charge in [0.15, 0.2) is 0 Å². The highest BCUT2D eigenvalue weighted by Gasteiger charge is 2.25. The van der Waals surface area contributed by atoms with Crippen LogP contribution in [0.4, 0.5) is 0 Å². The van der Waals surface area contributed by atoms with Crippen LogP contribution in [0.15, 0.2) is 0 Å². The zero-order valence-corrected chi connectivity index (χ0v) is 13.3. The maximum atomic E-state index is 11.4. The average molecular weight is 396 g/mol. The molecular weight excluding hydrogens is 379 g/mol. The lowest BCUT2D eigenvalue weighted by Gasteiger charge is -2.28. The van der Waals surface area contributed by atoms with Crippen LogP contribution in [0.3, 0.4) is 0 Å². The van der Waals surface area contributed by atoms with Crippen LogP contribution in [0.25, 0.3) is 0 Å². The largest absolute Gasteiger partial charge is 0.374 e. The molecule has 0 bridgehead atoms. The summed E-state index contributed by atoms with van der Waals surface area (Å²) in [5.74, 6) is 0. The van der Waals surface area contributed by atoms with Gasteiger partial charge in [-0.25, -0.2) is 4.72 Å². The van der Waals surface area contributed by atoms with Gasteiger partial charge < -0.3 is 8.92 Å². The Balaban J connectivity index is 2.27. The molecule has 1 heterocycles. The Labute approximate surface area is 119 Å². The fraction of sp³-hybridized carbons (Fsp3) is 1.00. The molecule has 0 aliphatic carbocycles. The third kappa shape index (κ3) is 6.55. The maximum Gasteiger partial charge on any atom is 0.277 e. The van der Waals surface area contributed by atoms with Crippen molar-refractivity contribution in [1.82, 2.24) is 9.44 Å². The first-order valence-electron chi connectivity index (χ1n) is 5.36. The van der Waals surface area contributed by atoms with Crippen LogP contribution in [0.5, 0.6) is 0 Å². The van der Waals surface area contributed by atoms with Crippen LogP contribution in [-0.2, 0) is 19.1 Å². The Morgan fingerprint density at radius 3 is 2.82 bits per heavy atom. The monoisotopic (exact) mass is 396 g/mol. The first kappa shape index (κ1) is 15.9. The fourth-order valence-electron chi connectivity index (χ4n) is 1.58. The van der Waals surface area contributed by atoms with Crippen molar-refractivity contribution in [1.29, 1.82) is 0 Å². The van der Waals surface area contributed by atoms with Gasteiger partial charge in [0.1, 0.15) is 0 Å². The highest BCUT2D eigenvalue weighted by molar-refractivity contribution is 14.2. The van der Waals surface area contributed by atoms with Crippen LogP contribution in [-0.4, -0.2) is 40.3 Å². The second kappa shape index (κ2) is 8.12. The molecule has 0 unspecified atom stereocenters. The Morgan fingerprint density at radius 2 is 2.29 bits per heavy atom. The summed E-state index contributed by atoms with van der Waals surface area (Å²) in [5, 5.41) is 0. The Morgan fingerprint density at radius 1 is 1.53 bits per heavy atom. The highest BCUT2D eigenvalue weighted by atomic mass is 127. The zero-order chi connectivity index (χ0) is 12.7. The summed E-state index contributed by atoms with van der Waals surface area (Å²) >= 11 is 2.05. The van der Waals surface area contributed by atoms with Gasteiger partial charge in [-0.05, 0) is 12.8 Å². The first-order valence-corrected chi connectivity index (χ1v) is 10.1. The molecule has 0 spiro atoms. The molecule has 1 rings (SSSR count). The molecule has 0 radical (unpaired) electrons. The van der Waals surface area contributed by atoms with E-state index in [1.165, 1.54) is 9.21 Å². The number of nitrogens with one attached hydrogen (secondary N) is 2. The molecule has 0 aromatic carbocycles. The van der Waals surface area contributed by atoms with Crippen molar-refractivity contribution < 1.29 is 17.3 Å². The Hall–Kier alpha value is 0.870. The predicted molar refractivity (Wildman–Crippen MR) is 76.1 cm³/mol. The van der Waals surface area contributed by atoms with E-state index in [2.05, 4.69) is 30.6 Å². The van der Waals surface area contributed by atoms with Crippen molar-refractivity contribution in [2.45, 2.75) is 31.9 Å². The maximum absolute atomic E-state index is 11.4. The van der Waals surface area contributed by atoms with Crippen LogP contribution in [0.1, 0.15) is 19.8 Å². The fourth-order valence-corrected chi connectivity index (χ4v) is 3.31. The molecule has 1 fully saturated rings. The molecule has 2 atom stereocenters. The minimum Gasteiger partial charge on any atom is -0.374 e. The second-order valence-electron chi connectivity index (χ2n) is 3.70. The lowest BCUT2D eigenvalue weighted by Crippen LogP contribution is -2.47. The van der Waals surface area contributed by atoms with E-state index in [9.17, 15) is 8.42 Å². The van der Waals surface area contributed by atoms with E-state index in [1.54, 1.807) is 6.92 Å². The van der Waals surface area contributed by atoms with Gasteiger partial charge in [-0.2, -0.15) is 13.1 Å². The third-order valence-corrected chi connectivity index (χ3v) is 4.63. The summed E-state index contributed by atoms with van der Waals surface area (Å²) in [6.07, 6.45) is 1.64. The van der Waals surface area contributed by atoms with Gasteiger partial charge in [-0.3, -0.25) is 0 Å². The Kier molecular flexibility index (Phi) is 7.61. The highest BCUT2D eigenvalue weighted by Crippen LogP contribution is 2.18. The molecule has 9 heteroatoms. The molecule has 6 nitrogen and oxygen atoms in total. The summed E-state index contributed by atoms with van der Waals surface area (Å²) in [6.45, 7) is 3.06. The number of rotatable bonds is 7. The van der Waals surface area contributed by atoms with Gasteiger partial charge in [0, 0.05) is 33.8 Å². The number of halogens is 1. The Bertz CT molecular complexity index is 307. The summed E-state index contributed by atoms with van der Waals surface area (Å²) in [4.78, 5) is 0. The quantitative estimate of drug-likeness (QED) is 0.496. The summed E-state index contributed by atoms with van der Waals surface area (Å²) in [7, 11) is -2.10. The molecule has 0 saturated carbocycles. The second-order valence-corrected chi connectivity index (χ2v) is 6.67. The van der Waals surface area contributed by atoms with E-state index in [4.69, 9.17) is 8.92 Å². The smallest absolute Gasteiger partial charge is 0.277 e.